The molecule has 0 aliphatic heterocycles. The molecule has 3 fully saturated rings. The fraction of sp³-hybridized carbons (Fsp3) is 0.696. The van der Waals surface area contributed by atoms with Gasteiger partial charge < -0.3 is 4.52 Å². The first kappa shape index (κ1) is 17.2. The van der Waals surface area contributed by atoms with Crippen molar-refractivity contribution in [3.05, 3.63) is 34.1 Å². The van der Waals surface area contributed by atoms with E-state index in [1.807, 2.05) is 6.20 Å². The largest absolute Gasteiger partial charge is 0.361 e. The number of hydrogen-bond acceptors (Lipinski definition) is 4. The van der Waals surface area contributed by atoms with Gasteiger partial charge in [0.1, 0.15) is 5.76 Å². The van der Waals surface area contributed by atoms with Gasteiger partial charge in [-0.2, -0.15) is 0 Å². The van der Waals surface area contributed by atoms with Crippen LogP contribution in [0.3, 0.4) is 0 Å². The summed E-state index contributed by atoms with van der Waals surface area (Å²) in [5.41, 5.74) is 2.10. The lowest BCUT2D eigenvalue weighted by Crippen LogP contribution is -2.53. The molecule has 4 aliphatic carbocycles. The van der Waals surface area contributed by atoms with Crippen LogP contribution in [0.2, 0.25) is 0 Å². The van der Waals surface area contributed by atoms with Crippen LogP contribution < -0.4 is 0 Å². The summed E-state index contributed by atoms with van der Waals surface area (Å²) < 4.78 is 5.50. The molecule has 6 atom stereocenters. The summed E-state index contributed by atoms with van der Waals surface area (Å²) in [5, 5.41) is 7.60. The zero-order valence-electron chi connectivity index (χ0n) is 16.3. The zero-order chi connectivity index (χ0) is 18.9. The van der Waals surface area contributed by atoms with Crippen molar-refractivity contribution in [2.45, 2.75) is 70.8 Å². The first-order valence-electron chi connectivity index (χ1n) is 10.4. The molecule has 0 bridgehead atoms. The van der Waals surface area contributed by atoms with Crippen LogP contribution in [-0.2, 0) is 12.8 Å². The molecular weight excluding hydrogens is 336 g/mol. The topological polar surface area (TPSA) is 55.5 Å². The minimum Gasteiger partial charge on any atom is -0.361 e. The third-order valence-corrected chi connectivity index (χ3v) is 9.10. The Balaban J connectivity index is 1.54. The van der Waals surface area contributed by atoms with E-state index < -0.39 is 5.54 Å². The van der Waals surface area contributed by atoms with Gasteiger partial charge in [0.15, 0.2) is 5.54 Å². The molecule has 27 heavy (non-hydrogen) atoms. The van der Waals surface area contributed by atoms with E-state index in [-0.39, 0.29) is 10.8 Å². The molecule has 0 spiro atoms. The summed E-state index contributed by atoms with van der Waals surface area (Å²) in [4.78, 5) is 11.8. The van der Waals surface area contributed by atoms with E-state index in [0.717, 1.165) is 50.7 Å². The van der Waals surface area contributed by atoms with Crippen LogP contribution >= 0.6 is 0 Å². The third-order valence-electron chi connectivity index (χ3n) is 9.10. The van der Waals surface area contributed by atoms with E-state index in [4.69, 9.17) is 10.9 Å². The number of allylic oxidation sites excluding steroid dienone is 2. The van der Waals surface area contributed by atoms with Crippen LogP contribution in [-0.4, -0.2) is 10.7 Å². The standard InChI is InChI=1S/C23H28N2O2/c1-4-23(25-26)12-10-19-17-7-5-16-6-8-20-15(14-24-27-20)13-21(16,2)18(17)9-11-22(19,23)3/h1,6,14,17-19H,5,7-13H2,2-3H3/t17?,18?,19?,21?,22-,23-/m0/s1. The number of hydrogen-bond donors (Lipinski definition) is 0. The van der Waals surface area contributed by atoms with Crippen LogP contribution in [0.5, 0.6) is 0 Å². The van der Waals surface area contributed by atoms with Crippen molar-refractivity contribution in [1.29, 1.82) is 0 Å². The number of fused-ring (bicyclic) bond motifs is 6. The summed E-state index contributed by atoms with van der Waals surface area (Å²) in [5.74, 6) is 5.64. The van der Waals surface area contributed by atoms with Crippen LogP contribution in [0.4, 0.5) is 0 Å². The van der Waals surface area contributed by atoms with Crippen molar-refractivity contribution >= 4 is 0 Å². The summed E-state index contributed by atoms with van der Waals surface area (Å²) in [6, 6.07) is 0. The molecular formula is C23H28N2O2. The number of terminal acetylenes is 1. The second-order valence-electron chi connectivity index (χ2n) is 9.81. The number of nitrogens with zero attached hydrogens (tertiary/aromatic N) is 2. The van der Waals surface area contributed by atoms with E-state index >= 15 is 0 Å². The van der Waals surface area contributed by atoms with Gasteiger partial charge >= 0.3 is 0 Å². The lowest BCUT2D eigenvalue weighted by atomic mass is 9.47. The third kappa shape index (κ3) is 2.03. The molecule has 1 aromatic heterocycles. The van der Waals surface area contributed by atoms with E-state index in [2.05, 4.69) is 36.2 Å². The van der Waals surface area contributed by atoms with Crippen LogP contribution in [0, 0.1) is 45.8 Å². The number of aromatic nitrogens is 1. The monoisotopic (exact) mass is 364 g/mol. The Labute approximate surface area is 161 Å². The second-order valence-corrected chi connectivity index (χ2v) is 9.81. The van der Waals surface area contributed by atoms with Gasteiger partial charge in [-0.15, -0.1) is 11.3 Å². The predicted octanol–water partition coefficient (Wildman–Crippen LogP) is 5.08. The summed E-state index contributed by atoms with van der Waals surface area (Å²) in [6.07, 6.45) is 18.4. The smallest absolute Gasteiger partial charge is 0.168 e. The molecule has 4 unspecified atom stereocenters. The highest BCUT2D eigenvalue weighted by molar-refractivity contribution is 5.34. The SMILES string of the molecule is C#C[C@]1(N=O)CCC2C3CCC4=CCc5oncc5CC4(C)C3CC[C@@]21C. The van der Waals surface area contributed by atoms with Crippen molar-refractivity contribution < 1.29 is 4.52 Å². The normalized spacial score (nSPS) is 45.4. The molecule has 142 valence electrons. The van der Waals surface area contributed by atoms with Gasteiger partial charge in [0.05, 0.1) is 6.20 Å². The second kappa shape index (κ2) is 5.56. The van der Waals surface area contributed by atoms with E-state index in [0.29, 0.717) is 17.8 Å². The van der Waals surface area contributed by atoms with Crippen molar-refractivity contribution in [3.8, 4) is 12.3 Å². The average Bonchev–Trinajstić information content (AvgIpc) is 3.18. The van der Waals surface area contributed by atoms with E-state index in [1.165, 1.54) is 12.0 Å². The zero-order valence-corrected chi connectivity index (χ0v) is 16.3. The minimum atomic E-state index is -0.801. The lowest BCUT2D eigenvalue weighted by molar-refractivity contribution is -0.0436. The Kier molecular flexibility index (Phi) is 3.55. The lowest BCUT2D eigenvalue weighted by Gasteiger charge is -2.57. The summed E-state index contributed by atoms with van der Waals surface area (Å²) in [7, 11) is 0. The predicted molar refractivity (Wildman–Crippen MR) is 104 cm³/mol. The molecule has 4 heteroatoms. The Bertz CT molecular complexity index is 864. The maximum Gasteiger partial charge on any atom is 0.168 e. The van der Waals surface area contributed by atoms with Gasteiger partial charge in [0.25, 0.3) is 0 Å². The first-order valence-corrected chi connectivity index (χ1v) is 10.4. The molecule has 0 radical (unpaired) electrons. The fourth-order valence-electron chi connectivity index (χ4n) is 7.54. The van der Waals surface area contributed by atoms with Crippen LogP contribution in [0.15, 0.2) is 27.5 Å². The maximum atomic E-state index is 11.8. The molecule has 1 heterocycles. The Morgan fingerprint density at radius 1 is 1.26 bits per heavy atom. The number of rotatable bonds is 1. The van der Waals surface area contributed by atoms with Gasteiger partial charge in [0.2, 0.25) is 0 Å². The number of nitroso groups, excluding NO2 is 1. The quantitative estimate of drug-likeness (QED) is 0.397. The van der Waals surface area contributed by atoms with Crippen LogP contribution in [0.1, 0.15) is 63.7 Å². The maximum absolute atomic E-state index is 11.8. The molecule has 5 rings (SSSR count). The van der Waals surface area contributed by atoms with E-state index in [9.17, 15) is 4.91 Å². The molecule has 0 saturated heterocycles. The van der Waals surface area contributed by atoms with Crippen LogP contribution in [0.25, 0.3) is 0 Å². The van der Waals surface area contributed by atoms with E-state index in [1.54, 1.807) is 5.57 Å². The Morgan fingerprint density at radius 2 is 2.07 bits per heavy atom. The minimum absolute atomic E-state index is 0.144. The van der Waals surface area contributed by atoms with Gasteiger partial charge in [-0.25, -0.2) is 0 Å². The van der Waals surface area contributed by atoms with Gasteiger partial charge in [-0.1, -0.05) is 36.6 Å². The summed E-state index contributed by atoms with van der Waals surface area (Å²) >= 11 is 0. The molecule has 1 aromatic rings. The van der Waals surface area contributed by atoms with Gasteiger partial charge in [-0.05, 0) is 73.3 Å². The first-order chi connectivity index (χ1) is 13.0. The molecule has 4 nitrogen and oxygen atoms in total. The van der Waals surface area contributed by atoms with Gasteiger partial charge in [0, 0.05) is 17.4 Å². The van der Waals surface area contributed by atoms with Crippen molar-refractivity contribution in [2.24, 2.45) is 33.8 Å². The molecule has 0 aromatic carbocycles. The Hall–Kier alpha value is -1.89. The fourth-order valence-corrected chi connectivity index (χ4v) is 7.54. The summed E-state index contributed by atoms with van der Waals surface area (Å²) in [6.45, 7) is 4.71. The highest BCUT2D eigenvalue weighted by atomic mass is 16.5. The van der Waals surface area contributed by atoms with Crippen molar-refractivity contribution in [2.75, 3.05) is 0 Å². The molecule has 4 aliphatic rings. The molecule has 3 saturated carbocycles. The van der Waals surface area contributed by atoms with Gasteiger partial charge in [-0.3, -0.25) is 0 Å². The molecule has 0 N–H and O–H groups in total. The highest BCUT2D eigenvalue weighted by Crippen LogP contribution is 2.67. The molecule has 0 amide bonds. The average molecular weight is 364 g/mol. The van der Waals surface area contributed by atoms with Crippen molar-refractivity contribution in [1.82, 2.24) is 5.16 Å². The highest BCUT2D eigenvalue weighted by Gasteiger charge is 2.65. The van der Waals surface area contributed by atoms with Crippen molar-refractivity contribution in [3.63, 3.8) is 0 Å². The Morgan fingerprint density at radius 3 is 2.85 bits per heavy atom.